The van der Waals surface area contributed by atoms with Crippen molar-refractivity contribution in [3.8, 4) is 22.3 Å². The summed E-state index contributed by atoms with van der Waals surface area (Å²) in [5.41, 5.74) is 2.10. The molecular formula is C50H54F3N7O9S2. The van der Waals surface area contributed by atoms with Crippen molar-refractivity contribution in [3.05, 3.63) is 106 Å². The fraction of sp³-hybridized carbons (Fsp3) is 0.420. The SMILES string of the molecule is Cc1ncsc1-c1ccc(CNC(=O)[C@@H]2C[C@@H](O)CN2C(=O)[C@H](C(C)C)N2CC(OCCOCCOCCOc3ccc(N4C(=S)N(c5ccc(C#N)c(C(F)(F)F)c5)C(=O)C4(C)C)cc3)=CC2=O)cc1. The number of thiazole rings is 1. The number of amides is 4. The highest BCUT2D eigenvalue weighted by molar-refractivity contribution is 7.81. The zero-order valence-electron chi connectivity index (χ0n) is 39.7. The Balaban J connectivity index is 0.798. The van der Waals surface area contributed by atoms with Gasteiger partial charge in [-0.05, 0) is 92.5 Å². The van der Waals surface area contributed by atoms with Crippen LogP contribution in [0.25, 0.3) is 10.4 Å². The topological polar surface area (TPSA) is 187 Å². The van der Waals surface area contributed by atoms with Crippen molar-refractivity contribution in [1.82, 2.24) is 20.1 Å². The number of benzene rings is 3. The van der Waals surface area contributed by atoms with E-state index in [4.69, 9.17) is 31.2 Å². The molecular weight excluding hydrogens is 964 g/mol. The van der Waals surface area contributed by atoms with Crippen molar-refractivity contribution >= 4 is 63.7 Å². The molecule has 3 aliphatic rings. The molecule has 16 nitrogen and oxygen atoms in total. The Hall–Kier alpha value is -6.44. The van der Waals surface area contributed by atoms with Gasteiger partial charge in [0.05, 0.1) is 78.0 Å². The molecule has 71 heavy (non-hydrogen) atoms. The molecule has 0 saturated carbocycles. The average molecular weight is 1020 g/mol. The third-order valence-electron chi connectivity index (χ3n) is 12.2. The van der Waals surface area contributed by atoms with Gasteiger partial charge in [0.25, 0.3) is 11.8 Å². The van der Waals surface area contributed by atoms with Gasteiger partial charge in [0, 0.05) is 31.3 Å². The van der Waals surface area contributed by atoms with Crippen LogP contribution in [0.4, 0.5) is 24.5 Å². The second-order valence-electron chi connectivity index (χ2n) is 17.9. The lowest BCUT2D eigenvalue weighted by Crippen LogP contribution is -2.55. The Kier molecular flexibility index (Phi) is 16.5. The minimum Gasteiger partial charge on any atom is -0.493 e. The van der Waals surface area contributed by atoms with Gasteiger partial charge < -0.3 is 44.1 Å². The van der Waals surface area contributed by atoms with Gasteiger partial charge in [0.15, 0.2) is 5.11 Å². The standard InChI is InChI=1S/C50H54F3N7O9S2/c1-30(2)43(46(64)57-27-37(61)23-41(57)45(63)55-26-32-6-8-33(9-7-32)44-31(3)56-29-71-44)58-28-39(24-42(58)62)69-21-19-67-17-16-66-18-20-68-38-14-12-35(13-15-38)60-48(70)59(47(65)49(60,4)5)36-11-10-34(25-54)40(22-36)50(51,52)53/h6-15,22,24,29-30,37,41,43,61H,16-21,23,26-28H2,1-5H3,(H,55,63)/t37-,41+,43+/m1/s1. The zero-order valence-corrected chi connectivity index (χ0v) is 41.4. The van der Waals surface area contributed by atoms with Crippen LogP contribution in [-0.2, 0) is 46.1 Å². The molecule has 1 aromatic heterocycles. The van der Waals surface area contributed by atoms with E-state index in [0.717, 1.165) is 38.7 Å². The van der Waals surface area contributed by atoms with Crippen LogP contribution >= 0.6 is 23.6 Å². The molecule has 2 fully saturated rings. The number of aromatic nitrogens is 1. The smallest absolute Gasteiger partial charge is 0.417 e. The molecule has 2 saturated heterocycles. The third kappa shape index (κ3) is 11.9. The summed E-state index contributed by atoms with van der Waals surface area (Å²) in [5.74, 6) is -1.17. The highest BCUT2D eigenvalue weighted by atomic mass is 32.1. The monoisotopic (exact) mass is 1020 g/mol. The highest BCUT2D eigenvalue weighted by Crippen LogP contribution is 2.40. The second-order valence-corrected chi connectivity index (χ2v) is 19.1. The Morgan fingerprint density at radius 2 is 1.62 bits per heavy atom. The predicted octanol–water partition coefficient (Wildman–Crippen LogP) is 6.38. The van der Waals surface area contributed by atoms with Gasteiger partial charge in [-0.2, -0.15) is 18.4 Å². The molecule has 4 aromatic rings. The minimum absolute atomic E-state index is 0.0226. The van der Waals surface area contributed by atoms with Crippen LogP contribution in [0.5, 0.6) is 5.75 Å². The van der Waals surface area contributed by atoms with Gasteiger partial charge in [-0.25, -0.2) is 4.98 Å². The highest BCUT2D eigenvalue weighted by Gasteiger charge is 2.51. The van der Waals surface area contributed by atoms with E-state index in [1.807, 2.05) is 45.0 Å². The van der Waals surface area contributed by atoms with Gasteiger partial charge >= 0.3 is 6.18 Å². The molecule has 2 N–H and O–H groups in total. The molecule has 0 bridgehead atoms. The number of aliphatic hydroxyl groups excluding tert-OH is 1. The third-order valence-corrected chi connectivity index (χ3v) is 13.6. The number of rotatable bonds is 20. The lowest BCUT2D eigenvalue weighted by molar-refractivity contribution is -0.147. The van der Waals surface area contributed by atoms with Crippen LogP contribution in [-0.4, -0.2) is 125 Å². The van der Waals surface area contributed by atoms with Gasteiger partial charge in [0.2, 0.25) is 11.8 Å². The summed E-state index contributed by atoms with van der Waals surface area (Å²) in [6.07, 6.45) is -4.28. The summed E-state index contributed by atoms with van der Waals surface area (Å²) in [6, 6.07) is 17.3. The number of β-amino-alcohol motifs (C(OH)–C–C–N with tert-alkyl or cyclic N) is 1. The van der Waals surface area contributed by atoms with Gasteiger partial charge in [-0.3, -0.25) is 24.1 Å². The first-order chi connectivity index (χ1) is 33.8. The number of aryl methyl sites for hydroxylation is 1. The molecule has 0 radical (unpaired) electrons. The van der Waals surface area contributed by atoms with Crippen LogP contribution in [0.15, 0.2) is 84.1 Å². The minimum atomic E-state index is -4.81. The number of nitrogens with one attached hydrogen (secondary N) is 1. The summed E-state index contributed by atoms with van der Waals surface area (Å²) in [6.45, 7) is 10.4. The Morgan fingerprint density at radius 1 is 0.972 bits per heavy atom. The van der Waals surface area contributed by atoms with Crippen molar-refractivity contribution in [2.24, 2.45) is 5.92 Å². The molecule has 4 amide bonds. The van der Waals surface area contributed by atoms with E-state index in [9.17, 15) is 42.7 Å². The quantitative estimate of drug-likeness (QED) is 0.0734. The van der Waals surface area contributed by atoms with E-state index in [1.54, 1.807) is 59.9 Å². The van der Waals surface area contributed by atoms with E-state index in [-0.39, 0.29) is 88.3 Å². The van der Waals surface area contributed by atoms with Gasteiger partial charge in [-0.1, -0.05) is 38.1 Å². The van der Waals surface area contributed by atoms with Crippen LogP contribution in [0, 0.1) is 24.2 Å². The molecule has 3 aromatic carbocycles. The molecule has 0 aliphatic carbocycles. The Labute approximate surface area is 418 Å². The van der Waals surface area contributed by atoms with E-state index < -0.39 is 58.8 Å². The number of hydrogen-bond acceptors (Lipinski definition) is 13. The Morgan fingerprint density at radius 3 is 2.24 bits per heavy atom. The number of likely N-dealkylation sites (tertiary alicyclic amines) is 1. The largest absolute Gasteiger partial charge is 0.493 e. The molecule has 4 heterocycles. The Bertz CT molecular complexity index is 2690. The summed E-state index contributed by atoms with van der Waals surface area (Å²) < 4.78 is 64.0. The molecule has 3 atom stereocenters. The average Bonchev–Trinajstić information content (AvgIpc) is 4.09. The molecule has 376 valence electrons. The fourth-order valence-corrected chi connectivity index (χ4v) is 10.0. The van der Waals surface area contributed by atoms with Crippen LogP contribution < -0.4 is 19.9 Å². The lowest BCUT2D eigenvalue weighted by atomic mass is 10.0. The van der Waals surface area contributed by atoms with Crippen molar-refractivity contribution in [3.63, 3.8) is 0 Å². The number of hydrogen-bond donors (Lipinski definition) is 2. The first-order valence-electron chi connectivity index (χ1n) is 22.9. The van der Waals surface area contributed by atoms with E-state index in [2.05, 4.69) is 10.3 Å². The number of carbonyl (C=O) groups excluding carboxylic acids is 4. The first kappa shape index (κ1) is 52.4. The summed E-state index contributed by atoms with van der Waals surface area (Å²) in [4.78, 5) is 65.1. The number of carbonyl (C=O) groups is 4. The van der Waals surface area contributed by atoms with E-state index in [1.165, 1.54) is 28.0 Å². The lowest BCUT2D eigenvalue weighted by Gasteiger charge is -2.35. The first-order valence-corrected chi connectivity index (χ1v) is 24.2. The predicted molar refractivity (Wildman–Crippen MR) is 261 cm³/mol. The van der Waals surface area contributed by atoms with Gasteiger partial charge in [0.1, 0.15) is 42.3 Å². The molecule has 21 heteroatoms. The van der Waals surface area contributed by atoms with Crippen LogP contribution in [0.3, 0.4) is 0 Å². The number of halogens is 3. The maximum atomic E-state index is 14.1. The summed E-state index contributed by atoms with van der Waals surface area (Å²) in [7, 11) is 0. The maximum Gasteiger partial charge on any atom is 0.417 e. The number of nitrogens with zero attached hydrogens (tertiary/aromatic N) is 6. The van der Waals surface area contributed by atoms with Crippen molar-refractivity contribution < 1.29 is 56.4 Å². The number of ether oxygens (including phenoxy) is 4. The number of thiocarbonyl (C=S) groups is 1. The number of anilines is 2. The normalized spacial score (nSPS) is 18.3. The molecule has 7 rings (SSSR count). The van der Waals surface area contributed by atoms with Crippen molar-refractivity contribution in [2.45, 2.75) is 77.5 Å². The van der Waals surface area contributed by atoms with Crippen LogP contribution in [0.1, 0.15) is 56.5 Å². The van der Waals surface area contributed by atoms with E-state index >= 15 is 0 Å². The fourth-order valence-electron chi connectivity index (χ4n) is 8.67. The summed E-state index contributed by atoms with van der Waals surface area (Å²) >= 11 is 7.17. The van der Waals surface area contributed by atoms with Crippen molar-refractivity contribution in [2.75, 3.05) is 62.5 Å². The maximum absolute atomic E-state index is 14.1. The molecule has 0 unspecified atom stereocenters. The number of alkyl halides is 3. The van der Waals surface area contributed by atoms with E-state index in [0.29, 0.717) is 17.2 Å². The summed E-state index contributed by atoms with van der Waals surface area (Å²) in [5, 5.41) is 22.7. The van der Waals surface area contributed by atoms with Gasteiger partial charge in [-0.15, -0.1) is 11.3 Å². The molecule has 0 spiro atoms. The zero-order chi connectivity index (χ0) is 51.2. The number of nitriles is 1. The van der Waals surface area contributed by atoms with Crippen LogP contribution in [0.2, 0.25) is 0 Å². The second kappa shape index (κ2) is 22.3. The molecule has 3 aliphatic heterocycles. The van der Waals surface area contributed by atoms with Crippen molar-refractivity contribution in [1.29, 1.82) is 5.26 Å². The number of aliphatic hydroxyl groups is 1.